The van der Waals surface area contributed by atoms with Gasteiger partial charge in [-0.1, -0.05) is 0 Å². The number of nitrogens with zero attached hydrogens (tertiary/aromatic N) is 2. The van der Waals surface area contributed by atoms with Crippen LogP contribution in [0.5, 0.6) is 0 Å². The summed E-state index contributed by atoms with van der Waals surface area (Å²) in [6, 6.07) is 2.51. The Balaban J connectivity index is 2.26. The zero-order chi connectivity index (χ0) is 9.68. The second kappa shape index (κ2) is 4.99. The smallest absolute Gasteiger partial charge is 0.0762 e. The van der Waals surface area contributed by atoms with E-state index in [2.05, 4.69) is 22.7 Å². The molecule has 0 aliphatic rings. The SMILES string of the molecule is CNCC(C)NCc1ccn(C)n1. The van der Waals surface area contributed by atoms with Crippen LogP contribution in [0, 0.1) is 0 Å². The molecule has 1 unspecified atom stereocenters. The van der Waals surface area contributed by atoms with Crippen LogP contribution in [0.25, 0.3) is 0 Å². The summed E-state index contributed by atoms with van der Waals surface area (Å²) in [4.78, 5) is 0. The molecule has 1 rings (SSSR count). The molecule has 0 amide bonds. The molecule has 0 radical (unpaired) electrons. The van der Waals surface area contributed by atoms with E-state index < -0.39 is 0 Å². The molecule has 1 heterocycles. The molecule has 0 aromatic carbocycles. The average molecular weight is 182 g/mol. The maximum absolute atomic E-state index is 4.28. The molecule has 0 spiro atoms. The summed E-state index contributed by atoms with van der Waals surface area (Å²) >= 11 is 0. The second-order valence-electron chi connectivity index (χ2n) is 3.32. The van der Waals surface area contributed by atoms with Crippen LogP contribution < -0.4 is 10.6 Å². The fraction of sp³-hybridized carbons (Fsp3) is 0.667. The van der Waals surface area contributed by atoms with Gasteiger partial charge in [-0.15, -0.1) is 0 Å². The fourth-order valence-electron chi connectivity index (χ4n) is 1.21. The van der Waals surface area contributed by atoms with Crippen LogP contribution in [0.3, 0.4) is 0 Å². The van der Waals surface area contributed by atoms with Crippen LogP contribution in [0.2, 0.25) is 0 Å². The molecular formula is C9H18N4. The Kier molecular flexibility index (Phi) is 3.92. The third-order valence-corrected chi connectivity index (χ3v) is 1.91. The van der Waals surface area contributed by atoms with Gasteiger partial charge in [-0.05, 0) is 20.0 Å². The van der Waals surface area contributed by atoms with E-state index in [0.29, 0.717) is 6.04 Å². The van der Waals surface area contributed by atoms with Gasteiger partial charge in [0.1, 0.15) is 0 Å². The Bertz CT molecular complexity index is 244. The standard InChI is InChI=1S/C9H18N4/c1-8(6-10-2)11-7-9-4-5-13(3)12-9/h4-5,8,10-11H,6-7H2,1-3H3. The normalized spacial score (nSPS) is 13.2. The molecule has 0 saturated carbocycles. The van der Waals surface area contributed by atoms with E-state index in [1.807, 2.05) is 31.0 Å². The first-order valence-corrected chi connectivity index (χ1v) is 4.59. The zero-order valence-corrected chi connectivity index (χ0v) is 8.54. The largest absolute Gasteiger partial charge is 0.318 e. The lowest BCUT2D eigenvalue weighted by Gasteiger charge is -2.11. The van der Waals surface area contributed by atoms with Crippen molar-refractivity contribution >= 4 is 0 Å². The lowest BCUT2D eigenvalue weighted by atomic mass is 10.3. The van der Waals surface area contributed by atoms with Crippen molar-refractivity contribution in [2.24, 2.45) is 7.05 Å². The molecule has 13 heavy (non-hydrogen) atoms. The number of aromatic nitrogens is 2. The lowest BCUT2D eigenvalue weighted by molar-refractivity contribution is 0.516. The van der Waals surface area contributed by atoms with Crippen molar-refractivity contribution in [1.29, 1.82) is 0 Å². The van der Waals surface area contributed by atoms with E-state index in [-0.39, 0.29) is 0 Å². The highest BCUT2D eigenvalue weighted by Gasteiger charge is 2.00. The quantitative estimate of drug-likeness (QED) is 0.679. The van der Waals surface area contributed by atoms with E-state index in [9.17, 15) is 0 Å². The van der Waals surface area contributed by atoms with Crippen LogP contribution in [0.1, 0.15) is 12.6 Å². The van der Waals surface area contributed by atoms with Gasteiger partial charge in [0.2, 0.25) is 0 Å². The van der Waals surface area contributed by atoms with Gasteiger partial charge < -0.3 is 10.6 Å². The third kappa shape index (κ3) is 3.57. The number of hydrogen-bond donors (Lipinski definition) is 2. The van der Waals surface area contributed by atoms with Crippen LogP contribution in [0.4, 0.5) is 0 Å². The van der Waals surface area contributed by atoms with Gasteiger partial charge in [-0.2, -0.15) is 5.10 Å². The van der Waals surface area contributed by atoms with Crippen LogP contribution in [-0.2, 0) is 13.6 Å². The Morgan fingerprint density at radius 3 is 2.92 bits per heavy atom. The van der Waals surface area contributed by atoms with E-state index in [0.717, 1.165) is 18.8 Å². The van der Waals surface area contributed by atoms with Crippen molar-refractivity contribution in [1.82, 2.24) is 20.4 Å². The van der Waals surface area contributed by atoms with E-state index in [4.69, 9.17) is 0 Å². The van der Waals surface area contributed by atoms with Crippen LogP contribution in [0.15, 0.2) is 12.3 Å². The number of aryl methyl sites for hydroxylation is 1. The number of nitrogens with one attached hydrogen (secondary N) is 2. The van der Waals surface area contributed by atoms with Crippen LogP contribution >= 0.6 is 0 Å². The molecule has 0 fully saturated rings. The summed E-state index contributed by atoms with van der Waals surface area (Å²) in [5.74, 6) is 0. The highest BCUT2D eigenvalue weighted by atomic mass is 15.3. The van der Waals surface area contributed by atoms with E-state index >= 15 is 0 Å². The maximum Gasteiger partial charge on any atom is 0.0762 e. The molecule has 0 bridgehead atoms. The Labute approximate surface area is 79.3 Å². The number of hydrogen-bond acceptors (Lipinski definition) is 3. The van der Waals surface area contributed by atoms with Gasteiger partial charge in [-0.3, -0.25) is 4.68 Å². The molecule has 0 aliphatic carbocycles. The molecule has 1 aromatic heterocycles. The highest BCUT2D eigenvalue weighted by Crippen LogP contribution is 1.93. The predicted molar refractivity (Wildman–Crippen MR) is 53.4 cm³/mol. The summed E-state index contributed by atoms with van der Waals surface area (Å²) in [7, 11) is 3.89. The summed E-state index contributed by atoms with van der Waals surface area (Å²) in [5.41, 5.74) is 1.09. The van der Waals surface area contributed by atoms with E-state index in [1.165, 1.54) is 0 Å². The first-order chi connectivity index (χ1) is 6.22. The fourth-order valence-corrected chi connectivity index (χ4v) is 1.21. The van der Waals surface area contributed by atoms with Gasteiger partial charge in [0, 0.05) is 32.4 Å². The van der Waals surface area contributed by atoms with Crippen molar-refractivity contribution in [3.05, 3.63) is 18.0 Å². The van der Waals surface area contributed by atoms with Crippen molar-refractivity contribution in [2.45, 2.75) is 19.5 Å². The minimum absolute atomic E-state index is 0.479. The minimum Gasteiger partial charge on any atom is -0.318 e. The maximum atomic E-state index is 4.28. The van der Waals surface area contributed by atoms with Gasteiger partial charge in [0.15, 0.2) is 0 Å². The first kappa shape index (κ1) is 10.2. The Morgan fingerprint density at radius 2 is 2.38 bits per heavy atom. The molecule has 1 aromatic rings. The van der Waals surface area contributed by atoms with Crippen LogP contribution in [-0.4, -0.2) is 29.4 Å². The lowest BCUT2D eigenvalue weighted by Crippen LogP contribution is -2.34. The Hall–Kier alpha value is -0.870. The molecule has 4 nitrogen and oxygen atoms in total. The van der Waals surface area contributed by atoms with Crippen molar-refractivity contribution in [3.63, 3.8) is 0 Å². The molecule has 4 heteroatoms. The van der Waals surface area contributed by atoms with Crippen molar-refractivity contribution in [2.75, 3.05) is 13.6 Å². The molecule has 74 valence electrons. The molecule has 0 saturated heterocycles. The van der Waals surface area contributed by atoms with Gasteiger partial charge in [0.25, 0.3) is 0 Å². The Morgan fingerprint density at radius 1 is 1.62 bits per heavy atom. The molecule has 2 N–H and O–H groups in total. The molecule has 1 atom stereocenters. The highest BCUT2D eigenvalue weighted by molar-refractivity contribution is 4.98. The summed E-state index contributed by atoms with van der Waals surface area (Å²) in [5, 5.41) is 10.8. The second-order valence-corrected chi connectivity index (χ2v) is 3.32. The summed E-state index contributed by atoms with van der Waals surface area (Å²) in [6.07, 6.45) is 1.96. The summed E-state index contributed by atoms with van der Waals surface area (Å²) in [6.45, 7) is 3.97. The van der Waals surface area contributed by atoms with Gasteiger partial charge in [0.05, 0.1) is 5.69 Å². The van der Waals surface area contributed by atoms with Gasteiger partial charge >= 0.3 is 0 Å². The first-order valence-electron chi connectivity index (χ1n) is 4.59. The predicted octanol–water partition coefficient (Wildman–Crippen LogP) is 0.118. The average Bonchev–Trinajstić information content (AvgIpc) is 2.49. The molecular weight excluding hydrogens is 164 g/mol. The third-order valence-electron chi connectivity index (χ3n) is 1.91. The number of likely N-dealkylation sites (N-methyl/N-ethyl adjacent to an activating group) is 1. The minimum atomic E-state index is 0.479. The van der Waals surface area contributed by atoms with Gasteiger partial charge in [-0.25, -0.2) is 0 Å². The summed E-state index contributed by atoms with van der Waals surface area (Å²) < 4.78 is 1.82. The monoisotopic (exact) mass is 182 g/mol. The zero-order valence-electron chi connectivity index (χ0n) is 8.54. The van der Waals surface area contributed by atoms with E-state index in [1.54, 1.807) is 0 Å². The topological polar surface area (TPSA) is 41.9 Å². The molecule has 0 aliphatic heterocycles. The number of rotatable bonds is 5. The van der Waals surface area contributed by atoms with Crippen molar-refractivity contribution in [3.8, 4) is 0 Å². The van der Waals surface area contributed by atoms with Crippen molar-refractivity contribution < 1.29 is 0 Å².